The van der Waals surface area contributed by atoms with Crippen LogP contribution in [-0.4, -0.2) is 38.0 Å². The Bertz CT molecular complexity index is 823. The predicted molar refractivity (Wildman–Crippen MR) is 114 cm³/mol. The summed E-state index contributed by atoms with van der Waals surface area (Å²) in [6.07, 6.45) is 3.82. The van der Waals surface area contributed by atoms with Gasteiger partial charge < -0.3 is 20.9 Å². The van der Waals surface area contributed by atoms with Crippen LogP contribution in [0.5, 0.6) is 0 Å². The van der Waals surface area contributed by atoms with Gasteiger partial charge in [-0.05, 0) is 61.2 Å². The molecule has 146 valence electrons. The SMILES string of the molecule is O=C(NCc1ccc(NC2=NCCN2)cc1)c1ccc(N2CCCCC2)cc1. The van der Waals surface area contributed by atoms with E-state index in [0.717, 1.165) is 43.4 Å². The summed E-state index contributed by atoms with van der Waals surface area (Å²) >= 11 is 0. The summed E-state index contributed by atoms with van der Waals surface area (Å²) in [4.78, 5) is 19.2. The fraction of sp³-hybridized carbons (Fsp3) is 0.364. The molecule has 2 aromatic carbocycles. The normalized spacial score (nSPS) is 16.3. The van der Waals surface area contributed by atoms with E-state index in [4.69, 9.17) is 0 Å². The van der Waals surface area contributed by atoms with Gasteiger partial charge in [-0.25, -0.2) is 0 Å². The predicted octanol–water partition coefficient (Wildman–Crippen LogP) is 2.98. The maximum atomic E-state index is 12.4. The van der Waals surface area contributed by atoms with E-state index in [9.17, 15) is 4.79 Å². The fourth-order valence-corrected chi connectivity index (χ4v) is 3.58. The number of carbonyl (C=O) groups excluding carboxylic acids is 1. The molecule has 28 heavy (non-hydrogen) atoms. The first kappa shape index (κ1) is 18.3. The van der Waals surface area contributed by atoms with Gasteiger partial charge in [-0.2, -0.15) is 0 Å². The fourth-order valence-electron chi connectivity index (χ4n) is 3.58. The van der Waals surface area contributed by atoms with E-state index in [-0.39, 0.29) is 5.91 Å². The van der Waals surface area contributed by atoms with Crippen molar-refractivity contribution < 1.29 is 4.79 Å². The lowest BCUT2D eigenvalue weighted by Crippen LogP contribution is -2.29. The Hall–Kier alpha value is -3.02. The lowest BCUT2D eigenvalue weighted by molar-refractivity contribution is 0.0951. The second-order valence-corrected chi connectivity index (χ2v) is 7.26. The van der Waals surface area contributed by atoms with E-state index in [1.165, 1.54) is 24.9 Å². The molecule has 2 heterocycles. The van der Waals surface area contributed by atoms with Crippen molar-refractivity contribution in [3.05, 3.63) is 59.7 Å². The van der Waals surface area contributed by atoms with Gasteiger partial charge in [-0.3, -0.25) is 9.79 Å². The number of nitrogens with zero attached hydrogens (tertiary/aromatic N) is 2. The van der Waals surface area contributed by atoms with Crippen molar-refractivity contribution in [1.29, 1.82) is 0 Å². The number of benzene rings is 2. The summed E-state index contributed by atoms with van der Waals surface area (Å²) in [5, 5.41) is 9.42. The zero-order valence-electron chi connectivity index (χ0n) is 16.1. The maximum Gasteiger partial charge on any atom is 0.251 e. The molecule has 0 aromatic heterocycles. The monoisotopic (exact) mass is 377 g/mol. The number of carbonyl (C=O) groups is 1. The minimum absolute atomic E-state index is 0.0445. The lowest BCUT2D eigenvalue weighted by atomic mass is 10.1. The molecule has 0 saturated carbocycles. The van der Waals surface area contributed by atoms with Crippen LogP contribution in [0.4, 0.5) is 11.4 Å². The molecule has 6 heteroatoms. The summed E-state index contributed by atoms with van der Waals surface area (Å²) in [6.45, 7) is 4.42. The molecular formula is C22H27N5O. The zero-order chi connectivity index (χ0) is 19.2. The minimum Gasteiger partial charge on any atom is -0.372 e. The summed E-state index contributed by atoms with van der Waals surface area (Å²) < 4.78 is 0. The topological polar surface area (TPSA) is 68.8 Å². The molecule has 1 amide bonds. The van der Waals surface area contributed by atoms with Crippen molar-refractivity contribution in [2.24, 2.45) is 4.99 Å². The second kappa shape index (κ2) is 8.78. The van der Waals surface area contributed by atoms with Crippen LogP contribution in [0.1, 0.15) is 35.2 Å². The van der Waals surface area contributed by atoms with Crippen molar-refractivity contribution in [2.75, 3.05) is 36.4 Å². The number of anilines is 2. The average Bonchev–Trinajstić information content (AvgIpc) is 3.27. The second-order valence-electron chi connectivity index (χ2n) is 7.26. The third-order valence-electron chi connectivity index (χ3n) is 5.19. The van der Waals surface area contributed by atoms with Crippen LogP contribution in [-0.2, 0) is 6.54 Å². The first-order valence-corrected chi connectivity index (χ1v) is 10.1. The summed E-state index contributed by atoms with van der Waals surface area (Å²) in [7, 11) is 0. The van der Waals surface area contributed by atoms with Gasteiger partial charge in [-0.15, -0.1) is 0 Å². The molecule has 0 atom stereocenters. The third-order valence-corrected chi connectivity index (χ3v) is 5.19. The number of nitrogens with one attached hydrogen (secondary N) is 3. The highest BCUT2D eigenvalue weighted by Crippen LogP contribution is 2.20. The molecule has 2 aromatic rings. The molecule has 0 spiro atoms. The quantitative estimate of drug-likeness (QED) is 0.749. The van der Waals surface area contributed by atoms with Crippen molar-refractivity contribution in [3.63, 3.8) is 0 Å². The molecule has 2 aliphatic rings. The molecule has 1 fully saturated rings. The average molecular weight is 377 g/mol. The number of piperidine rings is 1. The summed E-state index contributed by atoms with van der Waals surface area (Å²) in [5.74, 6) is 0.769. The Labute approximate surface area is 166 Å². The highest BCUT2D eigenvalue weighted by Gasteiger charge is 2.12. The van der Waals surface area contributed by atoms with Crippen molar-refractivity contribution in [3.8, 4) is 0 Å². The van der Waals surface area contributed by atoms with Gasteiger partial charge in [0.1, 0.15) is 0 Å². The van der Waals surface area contributed by atoms with Crippen molar-refractivity contribution in [1.82, 2.24) is 10.6 Å². The van der Waals surface area contributed by atoms with Crippen LogP contribution in [0.3, 0.4) is 0 Å². The largest absolute Gasteiger partial charge is 0.372 e. The van der Waals surface area contributed by atoms with E-state index < -0.39 is 0 Å². The van der Waals surface area contributed by atoms with E-state index in [1.807, 2.05) is 36.4 Å². The Morgan fingerprint density at radius 2 is 1.75 bits per heavy atom. The Kier molecular flexibility index (Phi) is 5.75. The number of rotatable bonds is 5. The Morgan fingerprint density at radius 1 is 1.00 bits per heavy atom. The van der Waals surface area contributed by atoms with Crippen LogP contribution < -0.4 is 20.9 Å². The van der Waals surface area contributed by atoms with E-state index >= 15 is 0 Å². The smallest absolute Gasteiger partial charge is 0.251 e. The Morgan fingerprint density at radius 3 is 2.43 bits per heavy atom. The highest BCUT2D eigenvalue weighted by molar-refractivity contribution is 5.95. The molecule has 0 aliphatic carbocycles. The van der Waals surface area contributed by atoms with E-state index in [2.05, 4.69) is 38.0 Å². The van der Waals surface area contributed by atoms with Crippen LogP contribution in [0, 0.1) is 0 Å². The minimum atomic E-state index is -0.0445. The van der Waals surface area contributed by atoms with Crippen molar-refractivity contribution >= 4 is 23.2 Å². The zero-order valence-corrected chi connectivity index (χ0v) is 16.1. The van der Waals surface area contributed by atoms with Gasteiger partial charge in [0.05, 0.1) is 6.54 Å². The van der Waals surface area contributed by atoms with Crippen molar-refractivity contribution in [2.45, 2.75) is 25.8 Å². The first-order chi connectivity index (χ1) is 13.8. The molecule has 4 rings (SSSR count). The molecular weight excluding hydrogens is 350 g/mol. The van der Waals surface area contributed by atoms with Crippen LogP contribution >= 0.6 is 0 Å². The number of aliphatic imine (C=N–C) groups is 1. The standard InChI is InChI=1S/C22H27N5O/c28-21(18-6-10-20(11-7-18)27-14-2-1-3-15-27)25-16-17-4-8-19(9-5-17)26-22-23-12-13-24-22/h4-11H,1-3,12-16H2,(H,25,28)(H2,23,24,26). The molecule has 3 N–H and O–H groups in total. The van der Waals surface area contributed by atoms with Gasteiger partial charge >= 0.3 is 0 Å². The lowest BCUT2D eigenvalue weighted by Gasteiger charge is -2.28. The van der Waals surface area contributed by atoms with Gasteiger partial charge in [0.25, 0.3) is 5.91 Å². The van der Waals surface area contributed by atoms with Gasteiger partial charge in [0, 0.05) is 43.1 Å². The van der Waals surface area contributed by atoms with Crippen LogP contribution in [0.2, 0.25) is 0 Å². The number of amides is 1. The summed E-state index contributed by atoms with van der Waals surface area (Å²) in [6, 6.07) is 16.0. The van der Waals surface area contributed by atoms with Crippen LogP contribution in [0.15, 0.2) is 53.5 Å². The number of hydrogen-bond acceptors (Lipinski definition) is 5. The third kappa shape index (κ3) is 4.63. The number of guanidine groups is 1. The van der Waals surface area contributed by atoms with E-state index in [1.54, 1.807) is 0 Å². The van der Waals surface area contributed by atoms with Crippen LogP contribution in [0.25, 0.3) is 0 Å². The Balaban J connectivity index is 1.28. The first-order valence-electron chi connectivity index (χ1n) is 10.1. The maximum absolute atomic E-state index is 12.4. The molecule has 2 aliphatic heterocycles. The van der Waals surface area contributed by atoms with Gasteiger partial charge in [0.15, 0.2) is 5.96 Å². The molecule has 0 unspecified atom stereocenters. The van der Waals surface area contributed by atoms with Gasteiger partial charge in [-0.1, -0.05) is 12.1 Å². The molecule has 6 nitrogen and oxygen atoms in total. The molecule has 1 saturated heterocycles. The number of hydrogen-bond donors (Lipinski definition) is 3. The molecule has 0 bridgehead atoms. The molecule has 0 radical (unpaired) electrons. The highest BCUT2D eigenvalue weighted by atomic mass is 16.1. The van der Waals surface area contributed by atoms with Gasteiger partial charge in [0.2, 0.25) is 0 Å². The van der Waals surface area contributed by atoms with E-state index in [0.29, 0.717) is 12.1 Å². The summed E-state index contributed by atoms with van der Waals surface area (Å²) in [5.41, 5.74) is 3.95.